The van der Waals surface area contributed by atoms with Crippen LogP contribution in [0.4, 0.5) is 0 Å². The lowest BCUT2D eigenvalue weighted by Gasteiger charge is -2.10. The summed E-state index contributed by atoms with van der Waals surface area (Å²) in [6.07, 6.45) is 4.08. The molecular weight excluding hydrogens is 522 g/mol. The Kier molecular flexibility index (Phi) is 12.1. The summed E-state index contributed by atoms with van der Waals surface area (Å²) in [5.74, 6) is 5.40. The smallest absolute Gasteiger partial charge is 0.298 e. The van der Waals surface area contributed by atoms with Crippen molar-refractivity contribution in [3.8, 4) is 11.8 Å². The fourth-order valence-corrected chi connectivity index (χ4v) is 4.76. The van der Waals surface area contributed by atoms with Crippen LogP contribution in [0.25, 0.3) is 16.3 Å². The van der Waals surface area contributed by atoms with Gasteiger partial charge in [-0.25, -0.2) is 0 Å². The predicted octanol–water partition coefficient (Wildman–Crippen LogP) is 5.50. The number of rotatable bonds is 6. The van der Waals surface area contributed by atoms with Crippen molar-refractivity contribution in [2.45, 2.75) is 52.0 Å². The van der Waals surface area contributed by atoms with Crippen LogP contribution in [0.1, 0.15) is 56.7 Å². The molecule has 1 atom stereocenters. The summed E-state index contributed by atoms with van der Waals surface area (Å²) < 4.78 is 0. The van der Waals surface area contributed by atoms with E-state index < -0.39 is 5.91 Å². The van der Waals surface area contributed by atoms with Crippen LogP contribution in [-0.4, -0.2) is 49.7 Å². The maximum Gasteiger partial charge on any atom is 0.298 e. The molecule has 2 aliphatic rings. The Hall–Kier alpha value is -4.21. The molecule has 1 saturated carbocycles. The number of hydrogen-bond acceptors (Lipinski definition) is 4. The number of carbonyl (C=O) groups excluding carboxylic acids is 3. The molecule has 2 amide bonds. The van der Waals surface area contributed by atoms with Gasteiger partial charge in [-0.1, -0.05) is 98.6 Å². The number of fused-ring (bicyclic) bond motifs is 1. The van der Waals surface area contributed by atoms with Crippen molar-refractivity contribution in [2.75, 3.05) is 26.7 Å². The number of amides is 2. The number of aldehydes is 1. The average Bonchev–Trinajstić information content (AvgIpc) is 3.61. The molecule has 0 bridgehead atoms. The van der Waals surface area contributed by atoms with Crippen LogP contribution in [0.2, 0.25) is 0 Å². The molecule has 42 heavy (non-hydrogen) atoms. The minimum atomic E-state index is -0.605. The maximum absolute atomic E-state index is 11.4. The van der Waals surface area contributed by atoms with Crippen LogP contribution >= 0.6 is 0 Å². The highest BCUT2D eigenvalue weighted by atomic mass is 16.2. The SMILES string of the molecule is C=C(C)c1ccccc1CNC(=O)C=O.CC1(c2ccc3ccccc3c2)CC1.CNCC#CC(=O)N1CCC(C)C1. The zero-order valence-electron chi connectivity index (χ0n) is 25.3. The Morgan fingerprint density at radius 3 is 2.38 bits per heavy atom. The largest absolute Gasteiger partial charge is 0.346 e. The lowest BCUT2D eigenvalue weighted by atomic mass is 9.96. The molecule has 1 unspecified atom stereocenters. The fourth-order valence-electron chi connectivity index (χ4n) is 4.76. The highest BCUT2D eigenvalue weighted by Gasteiger charge is 2.38. The molecule has 6 heteroatoms. The van der Waals surface area contributed by atoms with E-state index in [2.05, 4.69) is 85.4 Å². The normalized spacial score (nSPS) is 16.0. The number of nitrogens with one attached hydrogen (secondary N) is 2. The molecule has 3 aromatic carbocycles. The van der Waals surface area contributed by atoms with E-state index in [1.54, 1.807) is 0 Å². The third-order valence-electron chi connectivity index (χ3n) is 7.66. The van der Waals surface area contributed by atoms with Crippen molar-refractivity contribution in [3.05, 3.63) is 90.0 Å². The van der Waals surface area contributed by atoms with E-state index in [0.717, 1.165) is 36.2 Å². The summed E-state index contributed by atoms with van der Waals surface area (Å²) in [7, 11) is 1.82. The molecule has 0 radical (unpaired) electrons. The van der Waals surface area contributed by atoms with Gasteiger partial charge in [0.25, 0.3) is 11.8 Å². The summed E-state index contributed by atoms with van der Waals surface area (Å²) in [5, 5.41) is 8.09. The summed E-state index contributed by atoms with van der Waals surface area (Å²) >= 11 is 0. The standard InChI is InChI=1S/C14H14.C12H13NO2.C10H16N2O/c1-14(8-9-14)13-7-6-11-4-2-3-5-12(11)10-13;1-9(2)11-6-4-3-5-10(11)7-13-12(15)8-14;1-9-5-7-12(8-9)10(13)4-3-6-11-2/h2-7,10H,8-9H2,1H3;3-6,8H,1,7H2,2H3,(H,13,15);9,11H,5-8H2,1-2H3. The van der Waals surface area contributed by atoms with Gasteiger partial charge >= 0.3 is 0 Å². The van der Waals surface area contributed by atoms with Crippen LogP contribution in [0.15, 0.2) is 73.3 Å². The predicted molar refractivity (Wildman–Crippen MR) is 172 cm³/mol. The topological polar surface area (TPSA) is 78.5 Å². The molecule has 0 aromatic heterocycles. The number of benzene rings is 3. The first-order valence-electron chi connectivity index (χ1n) is 14.6. The first-order valence-corrected chi connectivity index (χ1v) is 14.6. The third kappa shape index (κ3) is 9.71. The average molecular weight is 566 g/mol. The molecule has 3 aromatic rings. The van der Waals surface area contributed by atoms with Crippen LogP contribution in [0, 0.1) is 17.8 Å². The molecule has 6 nitrogen and oxygen atoms in total. The number of allylic oxidation sites excluding steroid dienone is 1. The third-order valence-corrected chi connectivity index (χ3v) is 7.66. The maximum atomic E-state index is 11.4. The van der Waals surface area contributed by atoms with Crippen LogP contribution in [-0.2, 0) is 26.3 Å². The first-order chi connectivity index (χ1) is 20.2. The summed E-state index contributed by atoms with van der Waals surface area (Å²) in [6.45, 7) is 12.9. The highest BCUT2D eigenvalue weighted by molar-refractivity contribution is 6.23. The van der Waals surface area contributed by atoms with E-state index in [9.17, 15) is 14.4 Å². The molecule has 1 aliphatic heterocycles. The molecule has 1 heterocycles. The van der Waals surface area contributed by atoms with Crippen molar-refractivity contribution >= 4 is 34.4 Å². The zero-order chi connectivity index (χ0) is 30.5. The lowest BCUT2D eigenvalue weighted by Crippen LogP contribution is -2.27. The van der Waals surface area contributed by atoms with E-state index in [1.165, 1.54) is 29.2 Å². The Balaban J connectivity index is 0.000000173. The summed E-state index contributed by atoms with van der Waals surface area (Å²) in [5.41, 5.74) is 4.90. The summed E-state index contributed by atoms with van der Waals surface area (Å²) in [4.78, 5) is 34.1. The van der Waals surface area contributed by atoms with Gasteiger partial charge in [-0.15, -0.1) is 0 Å². The van der Waals surface area contributed by atoms with Gasteiger partial charge in [-0.05, 0) is 78.0 Å². The van der Waals surface area contributed by atoms with Gasteiger partial charge in [0.15, 0.2) is 0 Å². The van der Waals surface area contributed by atoms with Gasteiger partial charge in [0.1, 0.15) is 0 Å². The Morgan fingerprint density at radius 2 is 1.76 bits per heavy atom. The molecule has 1 saturated heterocycles. The Bertz CT molecular complexity index is 1460. The van der Waals surface area contributed by atoms with Crippen LogP contribution in [0.5, 0.6) is 0 Å². The van der Waals surface area contributed by atoms with E-state index in [0.29, 0.717) is 24.4 Å². The summed E-state index contributed by atoms with van der Waals surface area (Å²) in [6, 6.07) is 23.1. The Labute approximate surface area is 250 Å². The monoisotopic (exact) mass is 565 g/mol. The fraction of sp³-hybridized carbons (Fsp3) is 0.361. The minimum absolute atomic E-state index is 0.0281. The van der Waals surface area contributed by atoms with Crippen molar-refractivity contribution in [2.24, 2.45) is 5.92 Å². The second kappa shape index (κ2) is 15.7. The van der Waals surface area contributed by atoms with Crippen molar-refractivity contribution in [3.63, 3.8) is 0 Å². The van der Waals surface area contributed by atoms with E-state index in [1.807, 2.05) is 43.1 Å². The highest BCUT2D eigenvalue weighted by Crippen LogP contribution is 2.48. The minimum Gasteiger partial charge on any atom is -0.346 e. The zero-order valence-corrected chi connectivity index (χ0v) is 25.3. The number of likely N-dealkylation sites (tertiary alicyclic amines) is 1. The van der Waals surface area contributed by atoms with E-state index in [-0.39, 0.29) is 12.2 Å². The molecule has 2 N–H and O–H groups in total. The van der Waals surface area contributed by atoms with Gasteiger partial charge in [-0.3, -0.25) is 14.4 Å². The molecular formula is C36H43N3O3. The lowest BCUT2D eigenvalue weighted by molar-refractivity contribution is -0.131. The number of nitrogens with zero attached hydrogens (tertiary/aromatic N) is 1. The van der Waals surface area contributed by atoms with E-state index >= 15 is 0 Å². The van der Waals surface area contributed by atoms with Gasteiger partial charge in [0.05, 0.1) is 6.54 Å². The molecule has 0 spiro atoms. The second-order valence-electron chi connectivity index (χ2n) is 11.4. The van der Waals surface area contributed by atoms with Crippen LogP contribution in [0.3, 0.4) is 0 Å². The quantitative estimate of drug-likeness (QED) is 0.235. The van der Waals surface area contributed by atoms with Crippen molar-refractivity contribution in [1.82, 2.24) is 15.5 Å². The van der Waals surface area contributed by atoms with E-state index in [4.69, 9.17) is 0 Å². The molecule has 5 rings (SSSR count). The van der Waals surface area contributed by atoms with Gasteiger partial charge in [0.2, 0.25) is 6.29 Å². The first kappa shape index (κ1) is 32.3. The molecule has 220 valence electrons. The second-order valence-corrected chi connectivity index (χ2v) is 11.4. The van der Waals surface area contributed by atoms with Crippen molar-refractivity contribution < 1.29 is 14.4 Å². The van der Waals surface area contributed by atoms with Crippen molar-refractivity contribution in [1.29, 1.82) is 0 Å². The number of carbonyl (C=O) groups is 3. The molecule has 1 aliphatic carbocycles. The van der Waals surface area contributed by atoms with Gasteiger partial charge in [-0.2, -0.15) is 0 Å². The van der Waals surface area contributed by atoms with Crippen LogP contribution < -0.4 is 10.6 Å². The van der Waals surface area contributed by atoms with Gasteiger partial charge in [0, 0.05) is 19.6 Å². The van der Waals surface area contributed by atoms with Gasteiger partial charge < -0.3 is 15.5 Å². The Morgan fingerprint density at radius 1 is 1.07 bits per heavy atom. The number of hydrogen-bond donors (Lipinski definition) is 2. The molecule has 2 fully saturated rings.